The quantitative estimate of drug-likeness (QED) is 0.446. The lowest BCUT2D eigenvalue weighted by molar-refractivity contribution is -0.150. The van der Waals surface area contributed by atoms with E-state index in [-0.39, 0.29) is 22.4 Å². The average molecular weight is 303 g/mol. The third kappa shape index (κ3) is 1.63. The number of rotatable bonds is 1. The number of fused-ring (bicyclic) bond motifs is 3. The highest BCUT2D eigenvalue weighted by Crippen LogP contribution is 2.79. The van der Waals surface area contributed by atoms with Crippen LogP contribution in [0.5, 0.6) is 0 Å². The van der Waals surface area contributed by atoms with Crippen molar-refractivity contribution in [2.45, 2.75) is 49.5 Å². The average Bonchev–Trinajstić information content (AvgIpc) is 3.07. The summed E-state index contributed by atoms with van der Waals surface area (Å²) in [6, 6.07) is 8.58. The van der Waals surface area contributed by atoms with Crippen LogP contribution in [0.4, 0.5) is 0 Å². The highest BCUT2D eigenvalue weighted by Gasteiger charge is 2.80. The zero-order chi connectivity index (χ0) is 14.7. The van der Waals surface area contributed by atoms with Crippen LogP contribution in [0.15, 0.2) is 36.4 Å². The van der Waals surface area contributed by atoms with Gasteiger partial charge in [-0.25, -0.2) is 0 Å². The highest BCUT2D eigenvalue weighted by atomic mass is 35.5. The molecule has 3 heteroatoms. The molecule has 1 aromatic carbocycles. The van der Waals surface area contributed by atoms with Gasteiger partial charge in [0.1, 0.15) is 6.10 Å². The maximum absolute atomic E-state index is 11.6. The van der Waals surface area contributed by atoms with E-state index in [1.165, 1.54) is 18.1 Å². The summed E-state index contributed by atoms with van der Waals surface area (Å²) in [5.74, 6) is 0.101. The fraction of sp³-hybridized carbons (Fsp3) is 0.500. The molecular weight excluding hydrogens is 284 g/mol. The first-order valence-electron chi connectivity index (χ1n) is 7.68. The summed E-state index contributed by atoms with van der Waals surface area (Å²) in [6.45, 7) is 1.50. The van der Waals surface area contributed by atoms with Crippen molar-refractivity contribution in [1.29, 1.82) is 0 Å². The summed E-state index contributed by atoms with van der Waals surface area (Å²) in [7, 11) is 0. The van der Waals surface area contributed by atoms with Gasteiger partial charge >= 0.3 is 5.97 Å². The number of aryl methyl sites for hydroxylation is 1. The first kappa shape index (κ1) is 13.4. The second-order valence-electron chi connectivity index (χ2n) is 6.55. The Hall–Kier alpha value is -1.28. The van der Waals surface area contributed by atoms with Crippen LogP contribution in [-0.4, -0.2) is 16.9 Å². The molecule has 0 bridgehead atoms. The van der Waals surface area contributed by atoms with E-state index in [4.69, 9.17) is 16.3 Å². The summed E-state index contributed by atoms with van der Waals surface area (Å²) in [5.41, 5.74) is 2.62. The predicted molar refractivity (Wildman–Crippen MR) is 82.4 cm³/mol. The molecule has 110 valence electrons. The largest absolute Gasteiger partial charge is 0.462 e. The highest BCUT2D eigenvalue weighted by molar-refractivity contribution is 6.28. The van der Waals surface area contributed by atoms with Crippen LogP contribution in [0, 0.1) is 5.41 Å². The zero-order valence-electron chi connectivity index (χ0n) is 12.1. The molecule has 0 radical (unpaired) electrons. The van der Waals surface area contributed by atoms with Crippen molar-refractivity contribution in [1.82, 2.24) is 0 Å². The Morgan fingerprint density at radius 3 is 2.86 bits per heavy atom. The van der Waals surface area contributed by atoms with Crippen LogP contribution in [0.1, 0.15) is 43.2 Å². The second-order valence-corrected chi connectivity index (χ2v) is 7.23. The molecule has 1 aromatic rings. The molecule has 0 saturated heterocycles. The zero-order valence-corrected chi connectivity index (χ0v) is 12.9. The smallest absolute Gasteiger partial charge is 0.302 e. The predicted octanol–water partition coefficient (Wildman–Crippen LogP) is 3.98. The van der Waals surface area contributed by atoms with Crippen LogP contribution >= 0.6 is 11.6 Å². The first-order chi connectivity index (χ1) is 10.1. The molecule has 1 fully saturated rings. The molecule has 0 unspecified atom stereocenters. The molecule has 4 atom stereocenters. The van der Waals surface area contributed by atoms with Crippen molar-refractivity contribution in [2.24, 2.45) is 5.41 Å². The maximum Gasteiger partial charge on any atom is 0.302 e. The van der Waals surface area contributed by atoms with Crippen molar-refractivity contribution in [3.63, 3.8) is 0 Å². The number of hydrogen-bond donors (Lipinski definition) is 0. The van der Waals surface area contributed by atoms with Gasteiger partial charge in [-0.3, -0.25) is 4.79 Å². The monoisotopic (exact) mass is 302 g/mol. The number of benzene rings is 1. The first-order valence-corrected chi connectivity index (χ1v) is 8.06. The fourth-order valence-electron chi connectivity index (χ4n) is 4.77. The number of allylic oxidation sites excluding steroid dienone is 2. The molecule has 0 aromatic heterocycles. The van der Waals surface area contributed by atoms with Crippen LogP contribution < -0.4 is 0 Å². The van der Waals surface area contributed by atoms with E-state index in [2.05, 4.69) is 36.4 Å². The number of carbonyl (C=O) groups is 1. The molecule has 3 aliphatic carbocycles. The Morgan fingerprint density at radius 1 is 1.29 bits per heavy atom. The summed E-state index contributed by atoms with van der Waals surface area (Å²) in [4.78, 5) is 11.3. The van der Waals surface area contributed by atoms with Gasteiger partial charge in [0, 0.05) is 18.3 Å². The lowest BCUT2D eigenvalue weighted by Crippen LogP contribution is -2.34. The molecule has 1 saturated carbocycles. The van der Waals surface area contributed by atoms with Gasteiger partial charge in [0.25, 0.3) is 0 Å². The third-order valence-electron chi connectivity index (χ3n) is 5.63. The van der Waals surface area contributed by atoms with E-state index in [1.807, 2.05) is 0 Å². The van der Waals surface area contributed by atoms with E-state index in [0.717, 1.165) is 25.7 Å². The van der Waals surface area contributed by atoms with Gasteiger partial charge in [-0.2, -0.15) is 0 Å². The van der Waals surface area contributed by atoms with Crippen molar-refractivity contribution < 1.29 is 9.53 Å². The van der Waals surface area contributed by atoms with Gasteiger partial charge in [-0.05, 0) is 36.8 Å². The molecule has 0 N–H and O–H groups in total. The summed E-state index contributed by atoms with van der Waals surface area (Å²) in [6.07, 6.45) is 7.93. The van der Waals surface area contributed by atoms with E-state index >= 15 is 0 Å². The fourth-order valence-corrected chi connectivity index (χ4v) is 5.43. The number of ether oxygens (including phenoxy) is 1. The van der Waals surface area contributed by atoms with Crippen LogP contribution in [-0.2, 0) is 16.0 Å². The minimum absolute atomic E-state index is 0.0742. The number of esters is 1. The van der Waals surface area contributed by atoms with Gasteiger partial charge in [-0.1, -0.05) is 36.4 Å². The van der Waals surface area contributed by atoms with Gasteiger partial charge in [0.15, 0.2) is 0 Å². The molecule has 21 heavy (non-hydrogen) atoms. The van der Waals surface area contributed by atoms with Crippen molar-refractivity contribution in [2.75, 3.05) is 0 Å². The second kappa shape index (κ2) is 4.36. The number of alkyl halides is 1. The van der Waals surface area contributed by atoms with E-state index in [1.54, 1.807) is 0 Å². The lowest BCUT2D eigenvalue weighted by atomic mass is 9.84. The summed E-state index contributed by atoms with van der Waals surface area (Å²) >= 11 is 7.05. The Labute approximate surface area is 130 Å². The van der Waals surface area contributed by atoms with E-state index in [0.29, 0.717) is 5.92 Å². The van der Waals surface area contributed by atoms with E-state index < -0.39 is 0 Å². The number of carbonyl (C=O) groups excluding carboxylic acids is 1. The molecule has 1 spiro atoms. The van der Waals surface area contributed by atoms with Gasteiger partial charge in [0.2, 0.25) is 0 Å². The number of halogens is 1. The maximum atomic E-state index is 11.6. The molecule has 0 amide bonds. The topological polar surface area (TPSA) is 26.3 Å². The van der Waals surface area contributed by atoms with Crippen LogP contribution in [0.25, 0.3) is 0 Å². The Bertz CT molecular complexity index is 638. The minimum Gasteiger partial charge on any atom is -0.462 e. The molecule has 0 aliphatic heterocycles. The van der Waals surface area contributed by atoms with E-state index in [9.17, 15) is 4.79 Å². The molecule has 0 heterocycles. The standard InChI is InChI=1S/C18H19ClO2/c1-12(20)21-15-9-8-13-6-2-3-7-14(13)16-17(15)10-4-5-11-18(16,17)19/h2-7,15-16H,8-11H2,1H3/t15-,16+,17+,18-/m0/s1. The van der Waals surface area contributed by atoms with Gasteiger partial charge in [-0.15, -0.1) is 11.6 Å². The third-order valence-corrected chi connectivity index (χ3v) is 6.35. The van der Waals surface area contributed by atoms with Gasteiger partial charge < -0.3 is 4.74 Å². The molecule has 4 rings (SSSR count). The summed E-state index contributed by atoms with van der Waals surface area (Å²) in [5, 5.41) is 0. The SMILES string of the molecule is CC(=O)O[C@H]1CCc2ccccc2[C@@H]2[C@@]13CC=CC[C@]23Cl. The molecular formula is C18H19ClO2. The van der Waals surface area contributed by atoms with Crippen molar-refractivity contribution >= 4 is 17.6 Å². The normalized spacial score (nSPS) is 39.5. The minimum atomic E-state index is -0.279. The Kier molecular flexibility index (Phi) is 2.78. The van der Waals surface area contributed by atoms with Crippen LogP contribution in [0.2, 0.25) is 0 Å². The van der Waals surface area contributed by atoms with Crippen molar-refractivity contribution in [3.05, 3.63) is 47.5 Å². The molecule has 2 nitrogen and oxygen atoms in total. The summed E-state index contributed by atoms with van der Waals surface area (Å²) < 4.78 is 5.72. The molecule has 3 aliphatic rings. The van der Waals surface area contributed by atoms with Crippen molar-refractivity contribution in [3.8, 4) is 0 Å². The Balaban J connectivity index is 1.84. The lowest BCUT2D eigenvalue weighted by Gasteiger charge is -2.30. The van der Waals surface area contributed by atoms with Crippen LogP contribution in [0.3, 0.4) is 0 Å². The van der Waals surface area contributed by atoms with Gasteiger partial charge in [0.05, 0.1) is 4.87 Å². The number of hydrogen-bond acceptors (Lipinski definition) is 2. The Morgan fingerprint density at radius 2 is 2.05 bits per heavy atom.